The number of fused-ring (bicyclic) bond motifs is 1. The first-order valence-corrected chi connectivity index (χ1v) is 12.4. The molecule has 3 amide bonds. The van der Waals surface area contributed by atoms with Gasteiger partial charge in [-0.3, -0.25) is 19.7 Å². The number of rotatable bonds is 4. The summed E-state index contributed by atoms with van der Waals surface area (Å²) >= 11 is 0. The van der Waals surface area contributed by atoms with Crippen molar-refractivity contribution in [1.82, 2.24) is 15.1 Å². The Labute approximate surface area is 195 Å². The van der Waals surface area contributed by atoms with Crippen LogP contribution in [0.4, 0.5) is 0 Å². The Hall–Kier alpha value is -2.72. The van der Waals surface area contributed by atoms with E-state index in [2.05, 4.69) is 28.4 Å². The van der Waals surface area contributed by atoms with E-state index in [1.165, 1.54) is 18.4 Å². The van der Waals surface area contributed by atoms with Crippen molar-refractivity contribution in [3.8, 4) is 6.07 Å². The molecule has 1 aromatic rings. The highest BCUT2D eigenvalue weighted by molar-refractivity contribution is 6.05. The Morgan fingerprint density at radius 1 is 1.00 bits per heavy atom. The summed E-state index contributed by atoms with van der Waals surface area (Å²) in [5.74, 6) is 0.776. The largest absolute Gasteiger partial charge is 0.322 e. The number of nitrogens with one attached hydrogen (secondary N) is 1. The molecule has 1 saturated carbocycles. The lowest BCUT2D eigenvalue weighted by Gasteiger charge is -2.36. The van der Waals surface area contributed by atoms with E-state index in [0.717, 1.165) is 56.8 Å². The molecule has 1 N–H and O–H groups in total. The van der Waals surface area contributed by atoms with Crippen LogP contribution in [0.2, 0.25) is 0 Å². The van der Waals surface area contributed by atoms with Gasteiger partial charge in [0.15, 0.2) is 0 Å². The molecular formula is C26H32N4O3. The molecule has 174 valence electrons. The van der Waals surface area contributed by atoms with Crippen LogP contribution in [0.15, 0.2) is 18.2 Å². The lowest BCUT2D eigenvalue weighted by Crippen LogP contribution is -2.52. The van der Waals surface area contributed by atoms with Crippen LogP contribution in [0.3, 0.4) is 0 Å². The van der Waals surface area contributed by atoms with Gasteiger partial charge in [0.2, 0.25) is 11.8 Å². The lowest BCUT2D eigenvalue weighted by molar-refractivity contribution is -0.136. The van der Waals surface area contributed by atoms with E-state index in [1.54, 1.807) is 4.90 Å². The number of benzene rings is 1. The van der Waals surface area contributed by atoms with Gasteiger partial charge in [0, 0.05) is 31.0 Å². The molecule has 0 bridgehead atoms. The van der Waals surface area contributed by atoms with Crippen molar-refractivity contribution in [2.45, 2.75) is 69.9 Å². The second-order valence-corrected chi connectivity index (χ2v) is 10.2. The average molecular weight is 449 g/mol. The molecule has 3 heterocycles. The third-order valence-electron chi connectivity index (χ3n) is 8.15. The van der Waals surface area contributed by atoms with Crippen molar-refractivity contribution in [3.63, 3.8) is 0 Å². The van der Waals surface area contributed by atoms with Crippen LogP contribution in [-0.4, -0.2) is 53.2 Å². The van der Waals surface area contributed by atoms with Crippen molar-refractivity contribution >= 4 is 17.7 Å². The van der Waals surface area contributed by atoms with Crippen molar-refractivity contribution in [2.24, 2.45) is 11.8 Å². The van der Waals surface area contributed by atoms with Crippen LogP contribution in [0.1, 0.15) is 78.8 Å². The van der Waals surface area contributed by atoms with E-state index >= 15 is 0 Å². The highest BCUT2D eigenvalue weighted by atomic mass is 16.2. The first kappa shape index (κ1) is 22.1. The molecule has 7 heteroatoms. The van der Waals surface area contributed by atoms with Crippen molar-refractivity contribution in [1.29, 1.82) is 5.26 Å². The summed E-state index contributed by atoms with van der Waals surface area (Å²) in [5.41, 5.74) is 2.98. The van der Waals surface area contributed by atoms with E-state index in [1.807, 2.05) is 6.07 Å². The summed E-state index contributed by atoms with van der Waals surface area (Å²) in [5, 5.41) is 11.5. The van der Waals surface area contributed by atoms with Gasteiger partial charge in [-0.1, -0.05) is 12.1 Å². The molecule has 33 heavy (non-hydrogen) atoms. The number of carbonyl (C=O) groups excluding carboxylic acids is 3. The molecule has 1 unspecified atom stereocenters. The molecule has 3 fully saturated rings. The Kier molecular flexibility index (Phi) is 6.20. The molecular weight excluding hydrogens is 416 g/mol. The van der Waals surface area contributed by atoms with Crippen molar-refractivity contribution < 1.29 is 14.4 Å². The minimum Gasteiger partial charge on any atom is -0.322 e. The monoisotopic (exact) mass is 448 g/mol. The number of imide groups is 1. The molecule has 0 aromatic heterocycles. The molecule has 1 aliphatic carbocycles. The fourth-order valence-corrected chi connectivity index (χ4v) is 6.14. The third kappa shape index (κ3) is 4.54. The van der Waals surface area contributed by atoms with Crippen LogP contribution in [0.25, 0.3) is 0 Å². The number of hydrogen-bond donors (Lipinski definition) is 1. The van der Waals surface area contributed by atoms with Gasteiger partial charge in [-0.05, 0) is 87.1 Å². The fourth-order valence-electron chi connectivity index (χ4n) is 6.14. The zero-order chi connectivity index (χ0) is 22.9. The zero-order valence-electron chi connectivity index (χ0n) is 19.1. The van der Waals surface area contributed by atoms with Gasteiger partial charge in [-0.15, -0.1) is 0 Å². The maximum atomic E-state index is 12.9. The smallest absolute Gasteiger partial charge is 0.255 e. The number of amides is 3. The van der Waals surface area contributed by atoms with Gasteiger partial charge in [0.1, 0.15) is 6.04 Å². The molecule has 3 aliphatic heterocycles. The van der Waals surface area contributed by atoms with E-state index in [-0.39, 0.29) is 30.1 Å². The second-order valence-electron chi connectivity index (χ2n) is 10.2. The van der Waals surface area contributed by atoms with E-state index in [4.69, 9.17) is 5.26 Å². The van der Waals surface area contributed by atoms with E-state index in [9.17, 15) is 14.4 Å². The Morgan fingerprint density at radius 3 is 2.45 bits per heavy atom. The van der Waals surface area contributed by atoms with Gasteiger partial charge in [-0.25, -0.2) is 0 Å². The third-order valence-corrected chi connectivity index (χ3v) is 8.15. The lowest BCUT2D eigenvalue weighted by atomic mass is 9.82. The number of likely N-dealkylation sites (tertiary alicyclic amines) is 1. The molecule has 7 nitrogen and oxygen atoms in total. The van der Waals surface area contributed by atoms with Crippen LogP contribution in [0, 0.1) is 23.2 Å². The molecule has 1 aromatic carbocycles. The van der Waals surface area contributed by atoms with Crippen LogP contribution < -0.4 is 5.32 Å². The summed E-state index contributed by atoms with van der Waals surface area (Å²) in [6.07, 6.45) is 7.40. The summed E-state index contributed by atoms with van der Waals surface area (Å²) in [4.78, 5) is 40.9. The first-order valence-electron chi connectivity index (χ1n) is 12.4. The highest BCUT2D eigenvalue weighted by Crippen LogP contribution is 2.35. The summed E-state index contributed by atoms with van der Waals surface area (Å²) in [6.45, 7) is 3.80. The van der Waals surface area contributed by atoms with Gasteiger partial charge < -0.3 is 9.80 Å². The minimum atomic E-state index is -0.558. The second kappa shape index (κ2) is 9.26. The molecule has 1 atom stereocenters. The maximum absolute atomic E-state index is 12.9. The number of piperidine rings is 2. The topological polar surface area (TPSA) is 93.5 Å². The molecule has 2 saturated heterocycles. The number of carbonyl (C=O) groups is 3. The van der Waals surface area contributed by atoms with Crippen LogP contribution in [-0.2, 0) is 16.1 Å². The Morgan fingerprint density at radius 2 is 1.76 bits per heavy atom. The van der Waals surface area contributed by atoms with Crippen LogP contribution >= 0.6 is 0 Å². The fraction of sp³-hybridized carbons (Fsp3) is 0.615. The van der Waals surface area contributed by atoms with E-state index < -0.39 is 6.04 Å². The SMILES string of the molecule is N#C[C@H]1CC[C@H](CN2CCC(c3ccc4c(c3)CN(C3CCC(=O)NC3=O)C4=O)CC2)CC1. The highest BCUT2D eigenvalue weighted by Gasteiger charge is 2.39. The normalized spacial score (nSPS) is 29.0. The predicted octanol–water partition coefficient (Wildman–Crippen LogP) is 2.96. The Balaban J connectivity index is 1.17. The molecule has 5 rings (SSSR count). The number of nitriles is 1. The number of hydrogen-bond acceptors (Lipinski definition) is 5. The van der Waals surface area contributed by atoms with Gasteiger partial charge in [0.25, 0.3) is 5.91 Å². The molecule has 0 radical (unpaired) electrons. The Bertz CT molecular complexity index is 984. The standard InChI is InChI=1S/C26H32N4O3/c27-14-17-1-3-18(4-2-17)15-29-11-9-19(10-12-29)20-5-6-22-21(13-20)16-30(26(22)33)23-7-8-24(31)28-25(23)32/h5-6,13,17-19,23H,1-4,7-12,15-16H2,(H,28,31,32)/t17-,18-,23?. The summed E-state index contributed by atoms with van der Waals surface area (Å²) in [7, 11) is 0. The summed E-state index contributed by atoms with van der Waals surface area (Å²) < 4.78 is 0. The maximum Gasteiger partial charge on any atom is 0.255 e. The quantitative estimate of drug-likeness (QED) is 0.715. The average Bonchev–Trinajstić information content (AvgIpc) is 3.15. The van der Waals surface area contributed by atoms with Gasteiger partial charge >= 0.3 is 0 Å². The minimum absolute atomic E-state index is 0.105. The predicted molar refractivity (Wildman–Crippen MR) is 122 cm³/mol. The van der Waals surface area contributed by atoms with E-state index in [0.29, 0.717) is 24.4 Å². The van der Waals surface area contributed by atoms with Crippen molar-refractivity contribution in [3.05, 3.63) is 34.9 Å². The van der Waals surface area contributed by atoms with Gasteiger partial charge in [0.05, 0.1) is 6.07 Å². The van der Waals surface area contributed by atoms with Gasteiger partial charge in [-0.2, -0.15) is 5.26 Å². The summed E-state index contributed by atoms with van der Waals surface area (Å²) in [6, 6.07) is 8.06. The molecule has 4 aliphatic rings. The number of nitrogens with zero attached hydrogens (tertiary/aromatic N) is 3. The zero-order valence-corrected chi connectivity index (χ0v) is 19.1. The first-order chi connectivity index (χ1) is 16.0. The van der Waals surface area contributed by atoms with Crippen LogP contribution in [0.5, 0.6) is 0 Å². The van der Waals surface area contributed by atoms with Crippen molar-refractivity contribution in [2.75, 3.05) is 19.6 Å². The molecule has 0 spiro atoms.